The molecule has 1 aromatic heterocycles. The molecule has 0 saturated heterocycles. The van der Waals surface area contributed by atoms with Crippen LogP contribution >= 0.6 is 11.3 Å². The average molecular weight is 341 g/mol. The molecule has 2 N–H and O–H groups in total. The van der Waals surface area contributed by atoms with Crippen molar-refractivity contribution >= 4 is 38.1 Å². The molecule has 2 rings (SSSR count). The van der Waals surface area contributed by atoms with Crippen LogP contribution in [0.5, 0.6) is 5.75 Å². The molecule has 1 aromatic carbocycles. The van der Waals surface area contributed by atoms with Gasteiger partial charge in [-0.1, -0.05) is 0 Å². The quantitative estimate of drug-likeness (QED) is 0.869. The first-order valence-corrected chi connectivity index (χ1v) is 8.58. The second-order valence-electron chi connectivity index (χ2n) is 4.45. The highest BCUT2D eigenvalue weighted by atomic mass is 32.2. The molecular weight excluding hydrogens is 326 g/mol. The minimum Gasteiger partial charge on any atom is -0.495 e. The zero-order valence-electron chi connectivity index (χ0n) is 12.2. The standard InChI is InChI=1S/C13H15N3O4S2/c1-8-7-21-13(14-8)16-22(18,19)12-6-10(15-9(2)17)4-5-11(12)20-3/h4-7H,1-3H3,(H,14,16)(H,15,17). The Balaban J connectivity index is 2.41. The Kier molecular flexibility index (Phi) is 4.67. The minimum absolute atomic E-state index is 0.0749. The lowest BCUT2D eigenvalue weighted by molar-refractivity contribution is -0.114. The fourth-order valence-electron chi connectivity index (χ4n) is 1.74. The SMILES string of the molecule is COc1ccc(NC(C)=O)cc1S(=O)(=O)Nc1nc(C)cs1. The van der Waals surface area contributed by atoms with Gasteiger partial charge in [-0.3, -0.25) is 9.52 Å². The van der Waals surface area contributed by atoms with Crippen LogP contribution in [0.2, 0.25) is 0 Å². The van der Waals surface area contributed by atoms with E-state index in [-0.39, 0.29) is 21.7 Å². The van der Waals surface area contributed by atoms with E-state index in [4.69, 9.17) is 4.74 Å². The van der Waals surface area contributed by atoms with E-state index in [1.165, 1.54) is 37.5 Å². The highest BCUT2D eigenvalue weighted by Gasteiger charge is 2.21. The summed E-state index contributed by atoms with van der Waals surface area (Å²) in [5.41, 5.74) is 1.09. The van der Waals surface area contributed by atoms with Gasteiger partial charge in [0.05, 0.1) is 12.8 Å². The van der Waals surface area contributed by atoms with Crippen molar-refractivity contribution < 1.29 is 17.9 Å². The number of nitrogens with one attached hydrogen (secondary N) is 2. The number of sulfonamides is 1. The van der Waals surface area contributed by atoms with E-state index in [0.717, 1.165) is 5.69 Å². The lowest BCUT2D eigenvalue weighted by Crippen LogP contribution is -2.15. The monoisotopic (exact) mass is 341 g/mol. The number of nitrogens with zero attached hydrogens (tertiary/aromatic N) is 1. The molecule has 2 aromatic rings. The van der Waals surface area contributed by atoms with E-state index in [1.807, 2.05) is 0 Å². The molecule has 0 unspecified atom stereocenters. The summed E-state index contributed by atoms with van der Waals surface area (Å²) in [7, 11) is -2.50. The Morgan fingerprint density at radius 1 is 1.36 bits per heavy atom. The Morgan fingerprint density at radius 3 is 2.64 bits per heavy atom. The molecule has 0 fully saturated rings. The molecule has 0 radical (unpaired) electrons. The molecule has 0 aliphatic carbocycles. The highest BCUT2D eigenvalue weighted by Crippen LogP contribution is 2.29. The smallest absolute Gasteiger partial charge is 0.267 e. The fourth-order valence-corrected chi connectivity index (χ4v) is 3.88. The number of rotatable bonds is 5. The molecule has 7 nitrogen and oxygen atoms in total. The number of hydrogen-bond donors (Lipinski definition) is 2. The van der Waals surface area contributed by atoms with Crippen molar-refractivity contribution in [2.24, 2.45) is 0 Å². The number of anilines is 2. The van der Waals surface area contributed by atoms with Crippen LogP contribution < -0.4 is 14.8 Å². The first-order valence-electron chi connectivity index (χ1n) is 6.22. The van der Waals surface area contributed by atoms with E-state index >= 15 is 0 Å². The summed E-state index contributed by atoms with van der Waals surface area (Å²) in [6.45, 7) is 3.11. The largest absolute Gasteiger partial charge is 0.495 e. The number of aromatic nitrogens is 1. The van der Waals surface area contributed by atoms with Crippen LogP contribution in [0.3, 0.4) is 0 Å². The summed E-state index contributed by atoms with van der Waals surface area (Å²) < 4.78 is 32.5. The van der Waals surface area contributed by atoms with Crippen molar-refractivity contribution in [3.63, 3.8) is 0 Å². The van der Waals surface area contributed by atoms with E-state index in [9.17, 15) is 13.2 Å². The third kappa shape index (κ3) is 3.74. The van der Waals surface area contributed by atoms with Gasteiger partial charge in [-0.05, 0) is 25.1 Å². The summed E-state index contributed by atoms with van der Waals surface area (Å²) in [5, 5.41) is 4.54. The maximum atomic E-state index is 12.5. The molecule has 9 heteroatoms. The summed E-state index contributed by atoms with van der Waals surface area (Å²) in [6, 6.07) is 4.38. The van der Waals surface area contributed by atoms with Gasteiger partial charge in [-0.15, -0.1) is 11.3 Å². The number of amides is 1. The number of methoxy groups -OCH3 is 1. The van der Waals surface area contributed by atoms with Crippen LogP contribution in [0.4, 0.5) is 10.8 Å². The summed E-state index contributed by atoms with van der Waals surface area (Å²) in [5.74, 6) is -0.119. The third-order valence-electron chi connectivity index (χ3n) is 2.61. The van der Waals surface area contributed by atoms with Crippen LogP contribution in [-0.2, 0) is 14.8 Å². The predicted octanol–water partition coefficient (Wildman–Crippen LogP) is 2.22. The second kappa shape index (κ2) is 6.32. The predicted molar refractivity (Wildman–Crippen MR) is 85.0 cm³/mol. The van der Waals surface area contributed by atoms with Gasteiger partial charge in [0, 0.05) is 18.0 Å². The molecular formula is C13H15N3O4S2. The first-order chi connectivity index (χ1) is 10.3. The maximum absolute atomic E-state index is 12.5. The van der Waals surface area contributed by atoms with Gasteiger partial charge in [-0.2, -0.15) is 0 Å². The highest BCUT2D eigenvalue weighted by molar-refractivity contribution is 7.93. The van der Waals surface area contributed by atoms with Gasteiger partial charge in [0.2, 0.25) is 5.91 Å². The van der Waals surface area contributed by atoms with E-state index in [2.05, 4.69) is 15.0 Å². The van der Waals surface area contributed by atoms with Crippen molar-refractivity contribution in [3.8, 4) is 5.75 Å². The van der Waals surface area contributed by atoms with Gasteiger partial charge in [0.1, 0.15) is 10.6 Å². The topological polar surface area (TPSA) is 97.4 Å². The van der Waals surface area contributed by atoms with Gasteiger partial charge in [-0.25, -0.2) is 13.4 Å². The molecule has 118 valence electrons. The molecule has 0 aliphatic rings. The summed E-state index contributed by atoms with van der Waals surface area (Å²) in [6.07, 6.45) is 0. The lowest BCUT2D eigenvalue weighted by atomic mass is 10.3. The summed E-state index contributed by atoms with van der Waals surface area (Å²) >= 11 is 1.19. The molecule has 1 heterocycles. The Labute approximate surface area is 132 Å². The molecule has 0 spiro atoms. The minimum atomic E-state index is -3.88. The second-order valence-corrected chi connectivity index (χ2v) is 6.96. The van der Waals surface area contributed by atoms with Crippen LogP contribution in [0, 0.1) is 6.92 Å². The normalized spacial score (nSPS) is 11.0. The number of ether oxygens (including phenoxy) is 1. The number of carbonyl (C=O) groups is 1. The van der Waals surface area contributed by atoms with Crippen molar-refractivity contribution in [3.05, 3.63) is 29.3 Å². The molecule has 0 saturated carbocycles. The number of thiazole rings is 1. The zero-order chi connectivity index (χ0) is 16.3. The molecule has 0 bridgehead atoms. The van der Waals surface area contributed by atoms with Gasteiger partial charge in [0.25, 0.3) is 10.0 Å². The van der Waals surface area contributed by atoms with E-state index < -0.39 is 10.0 Å². The van der Waals surface area contributed by atoms with Crippen molar-refractivity contribution in [1.29, 1.82) is 0 Å². The van der Waals surface area contributed by atoms with E-state index in [0.29, 0.717) is 5.69 Å². The maximum Gasteiger partial charge on any atom is 0.267 e. The van der Waals surface area contributed by atoms with Crippen LogP contribution in [0.15, 0.2) is 28.5 Å². The Bertz CT molecular complexity index is 799. The summed E-state index contributed by atoms with van der Waals surface area (Å²) in [4.78, 5) is 15.1. The lowest BCUT2D eigenvalue weighted by Gasteiger charge is -2.12. The van der Waals surface area contributed by atoms with Crippen molar-refractivity contribution in [2.45, 2.75) is 18.7 Å². The Hall–Kier alpha value is -2.13. The van der Waals surface area contributed by atoms with Crippen LogP contribution in [-0.4, -0.2) is 26.4 Å². The third-order valence-corrected chi connectivity index (χ3v) is 4.98. The van der Waals surface area contributed by atoms with Gasteiger partial charge in [0.15, 0.2) is 5.13 Å². The van der Waals surface area contributed by atoms with Crippen LogP contribution in [0.1, 0.15) is 12.6 Å². The van der Waals surface area contributed by atoms with Gasteiger partial charge < -0.3 is 10.1 Å². The fraction of sp³-hybridized carbons (Fsp3) is 0.231. The molecule has 0 aliphatic heterocycles. The van der Waals surface area contributed by atoms with Crippen molar-refractivity contribution in [2.75, 3.05) is 17.1 Å². The van der Waals surface area contributed by atoms with Gasteiger partial charge >= 0.3 is 0 Å². The number of carbonyl (C=O) groups excluding carboxylic acids is 1. The van der Waals surface area contributed by atoms with Crippen LogP contribution in [0.25, 0.3) is 0 Å². The molecule has 1 amide bonds. The zero-order valence-corrected chi connectivity index (χ0v) is 13.8. The number of aryl methyl sites for hydroxylation is 1. The molecule has 22 heavy (non-hydrogen) atoms. The van der Waals surface area contributed by atoms with Crippen molar-refractivity contribution in [1.82, 2.24) is 4.98 Å². The number of hydrogen-bond acceptors (Lipinski definition) is 6. The molecule has 0 atom stereocenters. The average Bonchev–Trinajstić information content (AvgIpc) is 2.82. The number of benzene rings is 1. The Morgan fingerprint density at radius 2 is 2.09 bits per heavy atom. The first kappa shape index (κ1) is 16.2. The van der Waals surface area contributed by atoms with E-state index in [1.54, 1.807) is 18.4 Å².